The van der Waals surface area contributed by atoms with Crippen LogP contribution in [0.4, 0.5) is 0 Å². The Morgan fingerprint density at radius 2 is 2.11 bits per heavy atom. The minimum absolute atomic E-state index is 0.417. The molecular weight excluding hydrogens is 342 g/mol. The molecule has 1 unspecified atom stereocenters. The van der Waals surface area contributed by atoms with Gasteiger partial charge in [-0.25, -0.2) is 0 Å². The van der Waals surface area contributed by atoms with E-state index in [-0.39, 0.29) is 0 Å². The Labute approximate surface area is 161 Å². The van der Waals surface area contributed by atoms with Crippen molar-refractivity contribution in [2.75, 3.05) is 26.7 Å². The molecule has 0 spiro atoms. The van der Waals surface area contributed by atoms with Gasteiger partial charge in [0.15, 0.2) is 0 Å². The molecule has 0 saturated carbocycles. The predicted octanol–water partition coefficient (Wildman–Crippen LogP) is 2.50. The molecule has 0 N–H and O–H groups in total. The van der Waals surface area contributed by atoms with Crippen LogP contribution in [0.15, 0.2) is 10.6 Å². The van der Waals surface area contributed by atoms with Crippen molar-refractivity contribution in [1.82, 2.24) is 24.7 Å². The fraction of sp³-hybridized carbons (Fsp3) is 0.700. The fourth-order valence-electron chi connectivity index (χ4n) is 4.23. The van der Waals surface area contributed by atoms with Crippen LogP contribution in [0.2, 0.25) is 0 Å². The lowest BCUT2D eigenvalue weighted by atomic mass is 10.2. The highest BCUT2D eigenvalue weighted by atomic mass is 16.5. The lowest BCUT2D eigenvalue weighted by Crippen LogP contribution is -2.31. The molecule has 1 saturated heterocycles. The van der Waals surface area contributed by atoms with E-state index in [1.165, 1.54) is 24.1 Å². The van der Waals surface area contributed by atoms with Crippen LogP contribution in [0.1, 0.15) is 47.7 Å². The number of fused-ring (bicyclic) bond motifs is 1. The molecule has 148 valence electrons. The molecule has 27 heavy (non-hydrogen) atoms. The van der Waals surface area contributed by atoms with Gasteiger partial charge in [-0.15, -0.1) is 0 Å². The second kappa shape index (κ2) is 8.12. The molecule has 1 fully saturated rings. The molecule has 7 heteroatoms. The summed E-state index contributed by atoms with van der Waals surface area (Å²) in [7, 11) is 2.13. The number of nitrogens with zero attached hydrogens (tertiary/aromatic N) is 5. The number of hydrogen-bond donors (Lipinski definition) is 0. The van der Waals surface area contributed by atoms with Crippen molar-refractivity contribution in [3.8, 4) is 0 Å². The van der Waals surface area contributed by atoms with Gasteiger partial charge in [-0.3, -0.25) is 14.5 Å². The Balaban J connectivity index is 1.38. The molecule has 2 aliphatic rings. The topological polar surface area (TPSA) is 59.6 Å². The molecular formula is C20H31N5O2. The van der Waals surface area contributed by atoms with Crippen LogP contribution < -0.4 is 0 Å². The average molecular weight is 374 g/mol. The van der Waals surface area contributed by atoms with Gasteiger partial charge in [0.1, 0.15) is 5.76 Å². The quantitative estimate of drug-likeness (QED) is 0.775. The van der Waals surface area contributed by atoms with Gasteiger partial charge < -0.3 is 9.26 Å². The highest BCUT2D eigenvalue weighted by Crippen LogP contribution is 2.20. The minimum atomic E-state index is 0.417. The standard InChI is InChI=1S/C20H31N5O2/c1-15-20(16(2)27-22-15)14-23(3)11-17-10-18-12-24(7-5-8-25(18)21-17)13-19-6-4-9-26-19/h10,19H,4-9,11-14H2,1-3H3. The molecule has 2 aromatic heterocycles. The normalized spacial score (nSPS) is 21.0. The van der Waals surface area contributed by atoms with Crippen molar-refractivity contribution >= 4 is 0 Å². The molecule has 0 aliphatic carbocycles. The summed E-state index contributed by atoms with van der Waals surface area (Å²) in [6.45, 7) is 10.7. The number of ether oxygens (including phenoxy) is 1. The summed E-state index contributed by atoms with van der Waals surface area (Å²) in [5.74, 6) is 0.907. The Kier molecular flexibility index (Phi) is 5.61. The first kappa shape index (κ1) is 18.7. The van der Waals surface area contributed by atoms with E-state index < -0.39 is 0 Å². The lowest BCUT2D eigenvalue weighted by Gasteiger charge is -2.22. The third-order valence-corrected chi connectivity index (χ3v) is 5.67. The zero-order chi connectivity index (χ0) is 18.8. The van der Waals surface area contributed by atoms with Crippen LogP contribution in [0.25, 0.3) is 0 Å². The first-order valence-corrected chi connectivity index (χ1v) is 10.1. The zero-order valence-electron chi connectivity index (χ0n) is 16.8. The largest absolute Gasteiger partial charge is 0.377 e. The SMILES string of the molecule is Cc1noc(C)c1CN(C)Cc1cc2n(n1)CCCN(CC1CCCO1)C2. The molecule has 0 amide bonds. The maximum absolute atomic E-state index is 5.83. The first-order chi connectivity index (χ1) is 13.1. The molecule has 4 heterocycles. The van der Waals surface area contributed by atoms with E-state index in [4.69, 9.17) is 14.4 Å². The van der Waals surface area contributed by atoms with E-state index in [1.54, 1.807) is 0 Å². The highest BCUT2D eigenvalue weighted by molar-refractivity contribution is 5.20. The number of aromatic nitrogens is 3. The molecule has 1 atom stereocenters. The smallest absolute Gasteiger partial charge is 0.138 e. The van der Waals surface area contributed by atoms with Crippen LogP contribution in [0.3, 0.4) is 0 Å². The van der Waals surface area contributed by atoms with Crippen molar-refractivity contribution in [1.29, 1.82) is 0 Å². The van der Waals surface area contributed by atoms with Crippen molar-refractivity contribution in [3.63, 3.8) is 0 Å². The number of aryl methyl sites for hydroxylation is 3. The van der Waals surface area contributed by atoms with E-state index >= 15 is 0 Å². The lowest BCUT2D eigenvalue weighted by molar-refractivity contribution is 0.0711. The number of rotatable bonds is 6. The zero-order valence-corrected chi connectivity index (χ0v) is 16.8. The van der Waals surface area contributed by atoms with E-state index in [0.29, 0.717) is 6.10 Å². The van der Waals surface area contributed by atoms with Crippen molar-refractivity contribution < 1.29 is 9.26 Å². The highest BCUT2D eigenvalue weighted by Gasteiger charge is 2.23. The van der Waals surface area contributed by atoms with E-state index in [9.17, 15) is 0 Å². The molecule has 2 aromatic rings. The second-order valence-corrected chi connectivity index (χ2v) is 8.05. The Hall–Kier alpha value is -1.70. The van der Waals surface area contributed by atoms with Crippen LogP contribution in [-0.2, 0) is 30.9 Å². The summed E-state index contributed by atoms with van der Waals surface area (Å²) in [6, 6.07) is 2.28. The van der Waals surface area contributed by atoms with Crippen molar-refractivity contribution in [2.24, 2.45) is 0 Å². The van der Waals surface area contributed by atoms with Crippen LogP contribution in [0.5, 0.6) is 0 Å². The molecule has 7 nitrogen and oxygen atoms in total. The van der Waals surface area contributed by atoms with Gasteiger partial charge in [0.05, 0.1) is 23.2 Å². The second-order valence-electron chi connectivity index (χ2n) is 8.05. The van der Waals surface area contributed by atoms with Gasteiger partial charge in [0.25, 0.3) is 0 Å². The van der Waals surface area contributed by atoms with Gasteiger partial charge in [0.2, 0.25) is 0 Å². The van der Waals surface area contributed by atoms with Gasteiger partial charge in [0, 0.05) is 51.4 Å². The summed E-state index contributed by atoms with van der Waals surface area (Å²) in [4.78, 5) is 4.81. The molecule has 2 aliphatic heterocycles. The maximum Gasteiger partial charge on any atom is 0.138 e. The average Bonchev–Trinajstić information content (AvgIpc) is 3.31. The number of hydrogen-bond acceptors (Lipinski definition) is 6. The third-order valence-electron chi connectivity index (χ3n) is 5.67. The van der Waals surface area contributed by atoms with Crippen LogP contribution in [0, 0.1) is 13.8 Å². The fourth-order valence-corrected chi connectivity index (χ4v) is 4.23. The summed E-state index contributed by atoms with van der Waals surface area (Å²) >= 11 is 0. The molecule has 4 rings (SSSR count). The predicted molar refractivity (Wildman–Crippen MR) is 102 cm³/mol. The van der Waals surface area contributed by atoms with Crippen molar-refractivity contribution in [3.05, 3.63) is 34.5 Å². The third kappa shape index (κ3) is 4.42. The van der Waals surface area contributed by atoms with Gasteiger partial charge >= 0.3 is 0 Å². The molecule has 0 aromatic carbocycles. The summed E-state index contributed by atoms with van der Waals surface area (Å²) < 4.78 is 13.3. The minimum Gasteiger partial charge on any atom is -0.377 e. The first-order valence-electron chi connectivity index (χ1n) is 10.1. The Morgan fingerprint density at radius 1 is 1.22 bits per heavy atom. The van der Waals surface area contributed by atoms with Crippen molar-refractivity contribution in [2.45, 2.75) is 65.4 Å². The van der Waals surface area contributed by atoms with Gasteiger partial charge in [-0.2, -0.15) is 5.10 Å². The summed E-state index contributed by atoms with van der Waals surface area (Å²) in [6.07, 6.45) is 3.97. The Morgan fingerprint density at radius 3 is 2.85 bits per heavy atom. The van der Waals surface area contributed by atoms with Gasteiger partial charge in [-0.05, 0) is 46.2 Å². The van der Waals surface area contributed by atoms with Crippen LogP contribution in [-0.4, -0.2) is 57.6 Å². The van der Waals surface area contributed by atoms with E-state index in [2.05, 4.69) is 32.8 Å². The summed E-state index contributed by atoms with van der Waals surface area (Å²) in [5, 5.41) is 8.92. The Bertz CT molecular complexity index is 743. The maximum atomic E-state index is 5.83. The van der Waals surface area contributed by atoms with E-state index in [0.717, 1.165) is 69.4 Å². The summed E-state index contributed by atoms with van der Waals surface area (Å²) in [5.41, 5.74) is 4.62. The molecule has 0 radical (unpaired) electrons. The van der Waals surface area contributed by atoms with Gasteiger partial charge in [-0.1, -0.05) is 5.16 Å². The molecule has 0 bridgehead atoms. The van der Waals surface area contributed by atoms with E-state index in [1.807, 2.05) is 13.8 Å². The monoisotopic (exact) mass is 373 g/mol. The van der Waals surface area contributed by atoms with Crippen LogP contribution >= 0.6 is 0 Å².